The summed E-state index contributed by atoms with van der Waals surface area (Å²) >= 11 is 1.63. The first kappa shape index (κ1) is 15.3. The summed E-state index contributed by atoms with van der Waals surface area (Å²) in [5.74, 6) is 0. The molecule has 0 bridgehead atoms. The standard InChI is InChI=1S/C18H23N3S/c1-14-17(22-18(19)20-14)8-5-11-21-12-9-16(10-13-21)15-6-3-2-4-7-15/h2-4,6-7,9H,5,8,10-13H2,1H3,(H2,19,20). The highest BCUT2D eigenvalue weighted by atomic mass is 32.1. The summed E-state index contributed by atoms with van der Waals surface area (Å²) in [6, 6.07) is 10.7. The molecule has 0 aliphatic carbocycles. The van der Waals surface area contributed by atoms with Gasteiger partial charge in [0.25, 0.3) is 0 Å². The second-order valence-corrected chi connectivity index (χ2v) is 6.93. The molecular formula is C18H23N3S. The molecule has 0 saturated carbocycles. The predicted octanol–water partition coefficient (Wildman–Crippen LogP) is 3.76. The molecule has 2 aromatic rings. The average Bonchev–Trinajstić information content (AvgIpc) is 2.87. The van der Waals surface area contributed by atoms with Crippen molar-refractivity contribution in [2.45, 2.75) is 26.2 Å². The molecule has 1 aliphatic rings. The van der Waals surface area contributed by atoms with Gasteiger partial charge in [-0.15, -0.1) is 11.3 Å². The molecule has 0 amide bonds. The second kappa shape index (κ2) is 7.07. The molecule has 0 atom stereocenters. The molecular weight excluding hydrogens is 290 g/mol. The molecule has 3 rings (SSSR count). The lowest BCUT2D eigenvalue weighted by atomic mass is 9.99. The van der Waals surface area contributed by atoms with E-state index in [4.69, 9.17) is 5.73 Å². The number of thiazole rings is 1. The Morgan fingerprint density at radius 3 is 2.73 bits per heavy atom. The number of rotatable bonds is 5. The fourth-order valence-corrected chi connectivity index (χ4v) is 3.85. The van der Waals surface area contributed by atoms with Crippen molar-refractivity contribution < 1.29 is 0 Å². The van der Waals surface area contributed by atoms with Gasteiger partial charge in [-0.1, -0.05) is 36.4 Å². The Labute approximate surface area is 136 Å². The zero-order valence-corrected chi connectivity index (χ0v) is 13.9. The van der Waals surface area contributed by atoms with Crippen molar-refractivity contribution in [1.29, 1.82) is 0 Å². The van der Waals surface area contributed by atoms with Gasteiger partial charge in [-0.05, 0) is 43.9 Å². The van der Waals surface area contributed by atoms with Crippen LogP contribution >= 0.6 is 11.3 Å². The largest absolute Gasteiger partial charge is 0.375 e. The van der Waals surface area contributed by atoms with E-state index in [2.05, 4.69) is 53.2 Å². The van der Waals surface area contributed by atoms with Gasteiger partial charge in [0.05, 0.1) is 5.69 Å². The van der Waals surface area contributed by atoms with Crippen molar-refractivity contribution >= 4 is 22.0 Å². The number of benzene rings is 1. The number of aryl methyl sites for hydroxylation is 2. The Kier molecular flexibility index (Phi) is 4.90. The summed E-state index contributed by atoms with van der Waals surface area (Å²) in [4.78, 5) is 8.17. The molecule has 0 saturated heterocycles. The molecule has 22 heavy (non-hydrogen) atoms. The SMILES string of the molecule is Cc1nc(N)sc1CCCN1CC=C(c2ccccc2)CC1. The lowest BCUT2D eigenvalue weighted by Crippen LogP contribution is -2.29. The molecule has 0 spiro atoms. The van der Waals surface area contributed by atoms with E-state index in [9.17, 15) is 0 Å². The first-order valence-electron chi connectivity index (χ1n) is 7.91. The highest BCUT2D eigenvalue weighted by Gasteiger charge is 2.13. The van der Waals surface area contributed by atoms with Gasteiger partial charge in [0, 0.05) is 18.0 Å². The minimum Gasteiger partial charge on any atom is -0.375 e. The highest BCUT2D eigenvalue weighted by Crippen LogP contribution is 2.23. The van der Waals surface area contributed by atoms with Gasteiger partial charge in [0.2, 0.25) is 0 Å². The zero-order chi connectivity index (χ0) is 15.4. The molecule has 4 heteroatoms. The van der Waals surface area contributed by atoms with Crippen LogP contribution in [0.3, 0.4) is 0 Å². The van der Waals surface area contributed by atoms with Gasteiger partial charge in [-0.3, -0.25) is 4.90 Å². The minimum absolute atomic E-state index is 0.695. The topological polar surface area (TPSA) is 42.1 Å². The summed E-state index contributed by atoms with van der Waals surface area (Å²) in [6.45, 7) is 5.42. The average molecular weight is 313 g/mol. The summed E-state index contributed by atoms with van der Waals surface area (Å²) in [5, 5.41) is 0.695. The van der Waals surface area contributed by atoms with E-state index in [1.165, 1.54) is 22.4 Å². The van der Waals surface area contributed by atoms with Crippen LogP contribution < -0.4 is 5.73 Å². The van der Waals surface area contributed by atoms with Crippen LogP contribution in [-0.4, -0.2) is 29.5 Å². The van der Waals surface area contributed by atoms with E-state index in [0.717, 1.165) is 38.2 Å². The number of nitrogens with zero attached hydrogens (tertiary/aromatic N) is 2. The third-order valence-corrected chi connectivity index (χ3v) is 5.27. The molecule has 0 fully saturated rings. The van der Waals surface area contributed by atoms with Crippen molar-refractivity contribution in [2.24, 2.45) is 0 Å². The van der Waals surface area contributed by atoms with Crippen LogP contribution in [-0.2, 0) is 6.42 Å². The lowest BCUT2D eigenvalue weighted by molar-refractivity contribution is 0.298. The fourth-order valence-electron chi connectivity index (χ4n) is 2.97. The van der Waals surface area contributed by atoms with Gasteiger partial charge in [0.1, 0.15) is 0 Å². The van der Waals surface area contributed by atoms with Crippen LogP contribution in [0.2, 0.25) is 0 Å². The molecule has 1 aromatic carbocycles. The first-order chi connectivity index (χ1) is 10.7. The molecule has 0 radical (unpaired) electrons. The van der Waals surface area contributed by atoms with Crippen molar-refractivity contribution in [3.05, 3.63) is 52.5 Å². The number of hydrogen-bond donors (Lipinski definition) is 1. The maximum absolute atomic E-state index is 5.75. The summed E-state index contributed by atoms with van der Waals surface area (Å²) < 4.78 is 0. The van der Waals surface area contributed by atoms with Crippen LogP contribution in [0.4, 0.5) is 5.13 Å². The summed E-state index contributed by atoms with van der Waals surface area (Å²) in [7, 11) is 0. The van der Waals surface area contributed by atoms with Gasteiger partial charge in [-0.2, -0.15) is 0 Å². The van der Waals surface area contributed by atoms with E-state index in [1.54, 1.807) is 11.3 Å². The van der Waals surface area contributed by atoms with Crippen molar-refractivity contribution in [3.63, 3.8) is 0 Å². The molecule has 1 aliphatic heterocycles. The van der Waals surface area contributed by atoms with Crippen molar-refractivity contribution in [3.8, 4) is 0 Å². The quantitative estimate of drug-likeness (QED) is 0.914. The monoisotopic (exact) mass is 313 g/mol. The number of hydrogen-bond acceptors (Lipinski definition) is 4. The number of nitrogen functional groups attached to an aromatic ring is 1. The lowest BCUT2D eigenvalue weighted by Gasteiger charge is -2.26. The third-order valence-electron chi connectivity index (χ3n) is 4.23. The van der Waals surface area contributed by atoms with Gasteiger partial charge < -0.3 is 5.73 Å². The van der Waals surface area contributed by atoms with Crippen LogP contribution in [0.5, 0.6) is 0 Å². The Morgan fingerprint density at radius 2 is 2.09 bits per heavy atom. The maximum atomic E-state index is 5.75. The molecule has 2 heterocycles. The smallest absolute Gasteiger partial charge is 0.180 e. The number of anilines is 1. The van der Waals surface area contributed by atoms with E-state index in [1.807, 2.05) is 0 Å². The van der Waals surface area contributed by atoms with Crippen LogP contribution in [0.25, 0.3) is 5.57 Å². The van der Waals surface area contributed by atoms with E-state index < -0.39 is 0 Å². The minimum atomic E-state index is 0.695. The van der Waals surface area contributed by atoms with E-state index in [0.29, 0.717) is 5.13 Å². The fraction of sp³-hybridized carbons (Fsp3) is 0.389. The van der Waals surface area contributed by atoms with Gasteiger partial charge in [0.15, 0.2) is 5.13 Å². The van der Waals surface area contributed by atoms with Gasteiger partial charge >= 0.3 is 0 Å². The molecule has 1 aromatic heterocycles. The van der Waals surface area contributed by atoms with E-state index in [-0.39, 0.29) is 0 Å². The second-order valence-electron chi connectivity index (χ2n) is 5.81. The van der Waals surface area contributed by atoms with Crippen LogP contribution in [0, 0.1) is 6.92 Å². The molecule has 0 unspecified atom stereocenters. The Hall–Kier alpha value is -1.65. The van der Waals surface area contributed by atoms with E-state index >= 15 is 0 Å². The zero-order valence-electron chi connectivity index (χ0n) is 13.1. The normalized spacial score (nSPS) is 15.8. The Morgan fingerprint density at radius 1 is 1.27 bits per heavy atom. The number of aromatic nitrogens is 1. The third kappa shape index (κ3) is 3.76. The summed E-state index contributed by atoms with van der Waals surface area (Å²) in [6.07, 6.45) is 5.80. The highest BCUT2D eigenvalue weighted by molar-refractivity contribution is 7.15. The summed E-state index contributed by atoms with van der Waals surface area (Å²) in [5.41, 5.74) is 9.72. The van der Waals surface area contributed by atoms with Crippen LogP contribution in [0.15, 0.2) is 36.4 Å². The van der Waals surface area contributed by atoms with Gasteiger partial charge in [-0.25, -0.2) is 4.98 Å². The molecule has 116 valence electrons. The predicted molar refractivity (Wildman–Crippen MR) is 95.1 cm³/mol. The van der Waals surface area contributed by atoms with Crippen molar-refractivity contribution in [2.75, 3.05) is 25.4 Å². The Balaban J connectivity index is 1.48. The van der Waals surface area contributed by atoms with Crippen molar-refractivity contribution in [1.82, 2.24) is 9.88 Å². The Bertz CT molecular complexity index is 646. The molecule has 3 nitrogen and oxygen atoms in total. The number of nitrogens with two attached hydrogens (primary N) is 1. The first-order valence-corrected chi connectivity index (χ1v) is 8.72. The maximum Gasteiger partial charge on any atom is 0.180 e. The molecule has 2 N–H and O–H groups in total. The van der Waals surface area contributed by atoms with Crippen LogP contribution in [0.1, 0.15) is 29.0 Å².